The van der Waals surface area contributed by atoms with E-state index in [1.807, 2.05) is 39.0 Å². The predicted molar refractivity (Wildman–Crippen MR) is 196 cm³/mol. The molecule has 0 saturated carbocycles. The normalized spacial score (nSPS) is 20.5. The predicted octanol–water partition coefficient (Wildman–Crippen LogP) is 5.69. The third kappa shape index (κ3) is 6.42. The average Bonchev–Trinajstić information content (AvgIpc) is 3.76. The Bertz CT molecular complexity index is 2040. The van der Waals surface area contributed by atoms with Crippen LogP contribution >= 0.6 is 0 Å². The van der Waals surface area contributed by atoms with Gasteiger partial charge in [0.05, 0.1) is 40.8 Å². The van der Waals surface area contributed by atoms with Crippen molar-refractivity contribution in [3.8, 4) is 0 Å². The van der Waals surface area contributed by atoms with Crippen LogP contribution in [0.15, 0.2) is 18.2 Å². The van der Waals surface area contributed by atoms with Crippen LogP contribution < -0.4 is 5.23 Å². The maximum atomic E-state index is 14.6. The van der Waals surface area contributed by atoms with Gasteiger partial charge in [-0.1, -0.05) is 20.8 Å². The van der Waals surface area contributed by atoms with Crippen molar-refractivity contribution in [2.45, 2.75) is 97.7 Å². The number of methoxy groups -OCH3 is 1. The summed E-state index contributed by atoms with van der Waals surface area (Å²) in [6.45, 7) is 13.8. The minimum absolute atomic E-state index is 0.0824. The molecule has 12 nitrogen and oxygen atoms in total. The van der Waals surface area contributed by atoms with Crippen molar-refractivity contribution in [2.24, 2.45) is 0 Å². The number of aryl methyl sites for hydroxylation is 1. The van der Waals surface area contributed by atoms with Crippen LogP contribution in [-0.2, 0) is 14.3 Å². The van der Waals surface area contributed by atoms with E-state index in [1.165, 1.54) is 12.0 Å². The van der Waals surface area contributed by atoms with Gasteiger partial charge >= 0.3 is 13.0 Å². The lowest BCUT2D eigenvalue weighted by molar-refractivity contribution is -0.140. The summed E-state index contributed by atoms with van der Waals surface area (Å²) in [5.41, 5.74) is 8.15. The summed E-state index contributed by atoms with van der Waals surface area (Å²) in [6.07, 6.45) is 1.76. The largest absolute Gasteiger partial charge is 0.469 e. The van der Waals surface area contributed by atoms with Gasteiger partial charge in [-0.2, -0.15) is 0 Å². The number of carbonyl (C=O) groups excluding carboxylic acids is 4. The van der Waals surface area contributed by atoms with E-state index in [9.17, 15) is 24.2 Å². The Balaban J connectivity index is 1.70. The second kappa shape index (κ2) is 14.2. The summed E-state index contributed by atoms with van der Waals surface area (Å²) < 4.78 is 4.99. The standard InChI is InChI=1S/C38H47BN6O6/c1-9-23-18(2)25-17-30-32(22(6)46)20(4)27(42-30)15-26-19(3)24(11-12-31(47)51-8)35(43-26)34-36-33(21(5)28(44-36)16-29(23)41-25)37(48)45(38(34)49)14-10-13-40-39(7)50/h15-19,23-24,40-41,44,50H,9-14H2,1-8H3/t18-,19+,23-,24+/m1/s1. The second-order valence-corrected chi connectivity index (χ2v) is 14.2. The molecule has 13 heteroatoms. The van der Waals surface area contributed by atoms with Crippen LogP contribution in [0, 0.1) is 6.92 Å². The molecule has 0 fully saturated rings. The SMILES string of the molecule is CC[C@H]1c2cc3[nH]c4c(c5nc(cc6nc(cc([nH]2)[C@@H]1C)C(C(C)=O)=C6C)[C@@H](C)[C@@H]5CCC(=O)OC)C(=O)N(CCCNB(C)O)C(=O)c4c3C. The van der Waals surface area contributed by atoms with Gasteiger partial charge in [-0.15, -0.1) is 0 Å². The van der Waals surface area contributed by atoms with E-state index < -0.39 is 13.0 Å². The average molecular weight is 695 g/mol. The molecule has 6 rings (SSSR count). The number of rotatable bonds is 10. The molecule has 4 aliphatic heterocycles. The van der Waals surface area contributed by atoms with Crippen molar-refractivity contribution in [3.63, 3.8) is 0 Å². The zero-order valence-corrected chi connectivity index (χ0v) is 30.7. The molecule has 4 N–H and O–H groups in total. The molecule has 268 valence electrons. The molecule has 0 aromatic carbocycles. The maximum Gasteiger partial charge on any atom is 0.373 e. The van der Waals surface area contributed by atoms with Crippen molar-refractivity contribution >= 4 is 52.8 Å². The van der Waals surface area contributed by atoms with E-state index in [1.54, 1.807) is 13.7 Å². The highest BCUT2D eigenvalue weighted by Crippen LogP contribution is 2.45. The summed E-state index contributed by atoms with van der Waals surface area (Å²) in [5.74, 6) is -1.66. The molecule has 2 amide bonds. The van der Waals surface area contributed by atoms with Gasteiger partial charge in [-0.3, -0.25) is 29.1 Å². The molecule has 0 spiro atoms. The Morgan fingerprint density at radius 3 is 2.39 bits per heavy atom. The Morgan fingerprint density at radius 1 is 1.00 bits per heavy atom. The van der Waals surface area contributed by atoms with Gasteiger partial charge < -0.3 is 25.0 Å². The number of ether oxygens (including phenoxy) is 1. The molecule has 0 radical (unpaired) electrons. The van der Waals surface area contributed by atoms with E-state index in [2.05, 4.69) is 29.0 Å². The number of amides is 2. The molecule has 4 aliphatic rings. The van der Waals surface area contributed by atoms with E-state index in [-0.39, 0.29) is 54.3 Å². The molecule has 2 aromatic rings. The molecule has 6 heterocycles. The van der Waals surface area contributed by atoms with Gasteiger partial charge in [0.25, 0.3) is 11.8 Å². The number of H-pyrrole nitrogens is 2. The zero-order valence-electron chi connectivity index (χ0n) is 30.7. The fraction of sp³-hybridized carbons (Fsp3) is 0.474. The number of imide groups is 1. The van der Waals surface area contributed by atoms with Crippen molar-refractivity contribution in [1.29, 1.82) is 0 Å². The van der Waals surface area contributed by atoms with Crippen LogP contribution in [0.5, 0.6) is 0 Å². The third-order valence-electron chi connectivity index (χ3n) is 11.0. The Morgan fingerprint density at radius 2 is 1.73 bits per heavy atom. The van der Waals surface area contributed by atoms with E-state index in [0.717, 1.165) is 28.9 Å². The van der Waals surface area contributed by atoms with E-state index in [0.29, 0.717) is 69.9 Å². The molecule has 8 bridgehead atoms. The number of carbonyl (C=O) groups is 4. The first-order chi connectivity index (χ1) is 24.3. The molecule has 2 aromatic heterocycles. The van der Waals surface area contributed by atoms with Gasteiger partial charge in [0.1, 0.15) is 0 Å². The van der Waals surface area contributed by atoms with E-state index >= 15 is 0 Å². The molecule has 0 unspecified atom stereocenters. The quantitative estimate of drug-likeness (QED) is 0.106. The number of hydrogen-bond donors (Lipinski definition) is 4. The van der Waals surface area contributed by atoms with Gasteiger partial charge in [0.2, 0.25) is 0 Å². The number of hydrogen-bond acceptors (Lipinski definition) is 9. The number of fused-ring (bicyclic) bond motifs is 8. The first-order valence-electron chi connectivity index (χ1n) is 17.9. The van der Waals surface area contributed by atoms with Crippen LogP contribution in [0.1, 0.15) is 144 Å². The van der Waals surface area contributed by atoms with Gasteiger partial charge in [-0.05, 0) is 82.7 Å². The van der Waals surface area contributed by atoms with Crippen molar-refractivity contribution in [1.82, 2.24) is 30.1 Å². The van der Waals surface area contributed by atoms with Crippen LogP contribution in [-0.4, -0.2) is 80.7 Å². The Kier molecular flexibility index (Phi) is 10.1. The molecular weight excluding hydrogens is 647 g/mol. The summed E-state index contributed by atoms with van der Waals surface area (Å²) in [4.78, 5) is 72.8. The topological polar surface area (TPSA) is 170 Å². The van der Waals surface area contributed by atoms with Crippen molar-refractivity contribution in [2.75, 3.05) is 20.2 Å². The number of nitrogens with one attached hydrogen (secondary N) is 3. The molecule has 0 saturated heterocycles. The first kappa shape index (κ1) is 36.2. The zero-order chi connectivity index (χ0) is 36.9. The van der Waals surface area contributed by atoms with Crippen molar-refractivity contribution in [3.05, 3.63) is 69.1 Å². The summed E-state index contributed by atoms with van der Waals surface area (Å²) in [6, 6.07) is 5.88. The van der Waals surface area contributed by atoms with Crippen LogP contribution in [0.25, 0.3) is 22.2 Å². The fourth-order valence-corrected chi connectivity index (χ4v) is 8.07. The number of aromatic nitrogens is 4. The lowest BCUT2D eigenvalue weighted by Gasteiger charge is -2.27. The Labute approximate surface area is 298 Å². The van der Waals surface area contributed by atoms with Crippen LogP contribution in [0.4, 0.5) is 0 Å². The minimum Gasteiger partial charge on any atom is -0.469 e. The lowest BCUT2D eigenvalue weighted by atomic mass is 9.84. The van der Waals surface area contributed by atoms with Gasteiger partial charge in [-0.25, -0.2) is 4.98 Å². The van der Waals surface area contributed by atoms with Gasteiger partial charge in [0, 0.05) is 64.8 Å². The fourth-order valence-electron chi connectivity index (χ4n) is 8.07. The summed E-state index contributed by atoms with van der Waals surface area (Å²) in [5, 5.41) is 12.7. The number of Topliss-reactive ketones (excluding diaryl/α,β-unsaturated/α-hetero) is 1. The molecule has 4 atom stereocenters. The molecular formula is C38H47BN6O6. The Hall–Kier alpha value is -4.62. The highest BCUT2D eigenvalue weighted by molar-refractivity contribution is 6.45. The first-order valence-corrected chi connectivity index (χ1v) is 17.9. The van der Waals surface area contributed by atoms with Crippen molar-refractivity contribution < 1.29 is 28.9 Å². The number of ketones is 1. The minimum atomic E-state index is -0.725. The monoisotopic (exact) mass is 694 g/mol. The highest BCUT2D eigenvalue weighted by Gasteiger charge is 2.41. The summed E-state index contributed by atoms with van der Waals surface area (Å²) in [7, 11) is 0.624. The molecule has 51 heavy (non-hydrogen) atoms. The van der Waals surface area contributed by atoms with Crippen LogP contribution in [0.2, 0.25) is 6.82 Å². The third-order valence-corrected chi connectivity index (χ3v) is 11.0. The highest BCUT2D eigenvalue weighted by atomic mass is 16.5. The lowest BCUT2D eigenvalue weighted by Crippen LogP contribution is -2.42. The number of nitrogens with zero attached hydrogens (tertiary/aromatic N) is 3. The maximum absolute atomic E-state index is 14.6. The summed E-state index contributed by atoms with van der Waals surface area (Å²) >= 11 is 0. The van der Waals surface area contributed by atoms with E-state index in [4.69, 9.17) is 14.7 Å². The molecule has 0 aliphatic carbocycles. The van der Waals surface area contributed by atoms with Gasteiger partial charge in [0.15, 0.2) is 5.78 Å². The smallest absolute Gasteiger partial charge is 0.373 e. The number of aromatic amines is 2. The second-order valence-electron chi connectivity index (χ2n) is 14.2. The van der Waals surface area contributed by atoms with Crippen LogP contribution in [0.3, 0.4) is 0 Å². The number of esters is 1. The number of allylic oxidation sites excluding steroid dienone is 2.